The summed E-state index contributed by atoms with van der Waals surface area (Å²) in [6.07, 6.45) is 4.32. The molecule has 8 aromatic carbocycles. The summed E-state index contributed by atoms with van der Waals surface area (Å²) in [4.78, 5) is 4.74. The van der Waals surface area contributed by atoms with E-state index in [0.29, 0.717) is 0 Å². The Bertz CT molecular complexity index is 2970. The molecule has 0 saturated carbocycles. The topological polar surface area (TPSA) is 16.3 Å². The van der Waals surface area contributed by atoms with Crippen LogP contribution in [0.25, 0.3) is 53.4 Å². The highest BCUT2D eigenvalue weighted by Gasteiger charge is 2.19. The van der Waals surface area contributed by atoms with E-state index in [2.05, 4.69) is 238 Å². The Morgan fingerprint density at radius 1 is 0.316 bits per heavy atom. The van der Waals surface area contributed by atoms with Gasteiger partial charge in [-0.2, -0.15) is 0 Å². The molecule has 0 aliphatic heterocycles. The Kier molecular flexibility index (Phi) is 7.97. The molecule has 5 heteroatoms. The van der Waals surface area contributed by atoms with Crippen LogP contribution in [0.4, 0.5) is 34.1 Å². The molecule has 0 unspecified atom stereocenters. The van der Waals surface area contributed by atoms with Gasteiger partial charge in [-0.3, -0.25) is 0 Å². The molecule has 0 aliphatic rings. The lowest BCUT2D eigenvalue weighted by Gasteiger charge is -2.26. The fraction of sp³-hybridized carbons (Fsp3) is 0. The number of benzene rings is 8. The van der Waals surface area contributed by atoms with Crippen molar-refractivity contribution in [2.24, 2.45) is 0 Å². The van der Waals surface area contributed by atoms with Crippen LogP contribution in [0.3, 0.4) is 0 Å². The molecule has 0 fully saturated rings. The molecule has 4 nitrogen and oxygen atoms in total. The number of nitrogens with zero attached hydrogens (tertiary/aromatic N) is 4. The Balaban J connectivity index is 0.993. The third-order valence-corrected chi connectivity index (χ3v) is 12.0. The second-order valence-corrected chi connectivity index (χ2v) is 15.4. The van der Waals surface area contributed by atoms with Crippen molar-refractivity contribution in [2.45, 2.75) is 0 Å². The summed E-state index contributed by atoms with van der Waals surface area (Å²) in [5, 5.41) is 4.93. The van der Waals surface area contributed by atoms with Crippen LogP contribution in [0.15, 0.2) is 219 Å². The Morgan fingerprint density at radius 3 is 1.11 bits per heavy atom. The summed E-state index contributed by atoms with van der Waals surface area (Å²) < 4.78 is 7.02. The normalized spacial score (nSPS) is 11.5. The first-order chi connectivity index (χ1) is 28.2. The maximum Gasteiger partial charge on any atom is 0.0529 e. The fourth-order valence-electron chi connectivity index (χ4n) is 8.25. The number of rotatable bonds is 8. The maximum atomic E-state index is 2.37. The van der Waals surface area contributed by atoms with E-state index >= 15 is 0 Å². The Labute approximate surface area is 334 Å². The molecule has 0 aliphatic carbocycles. The highest BCUT2D eigenvalue weighted by Crippen LogP contribution is 2.44. The van der Waals surface area contributed by atoms with E-state index in [1.165, 1.54) is 42.0 Å². The number of hydrogen-bond donors (Lipinski definition) is 0. The smallest absolute Gasteiger partial charge is 0.0529 e. The molecular weight excluding hydrogens is 713 g/mol. The predicted molar refractivity (Wildman–Crippen MR) is 242 cm³/mol. The second-order valence-electron chi connectivity index (χ2n) is 14.3. The van der Waals surface area contributed by atoms with Gasteiger partial charge in [0, 0.05) is 88.8 Å². The van der Waals surface area contributed by atoms with Crippen molar-refractivity contribution in [3.63, 3.8) is 0 Å². The quantitative estimate of drug-likeness (QED) is 0.154. The first-order valence-corrected chi connectivity index (χ1v) is 20.1. The lowest BCUT2D eigenvalue weighted by atomic mass is 10.1. The van der Waals surface area contributed by atoms with Gasteiger partial charge in [-0.1, -0.05) is 84.9 Å². The summed E-state index contributed by atoms with van der Waals surface area (Å²) in [6, 6.07) is 74.2. The van der Waals surface area contributed by atoms with Gasteiger partial charge >= 0.3 is 0 Å². The fourth-order valence-corrected chi connectivity index (χ4v) is 9.42. The molecule has 3 aromatic heterocycles. The summed E-state index contributed by atoms with van der Waals surface area (Å²) in [7, 11) is 0. The number of fused-ring (bicyclic) bond motifs is 5. The molecule has 0 bridgehead atoms. The van der Waals surface area contributed by atoms with Gasteiger partial charge in [-0.25, -0.2) is 0 Å². The monoisotopic (exact) mass is 748 g/mol. The van der Waals surface area contributed by atoms with Gasteiger partial charge in [-0.05, 0) is 121 Å². The van der Waals surface area contributed by atoms with Gasteiger partial charge in [0.1, 0.15) is 0 Å². The van der Waals surface area contributed by atoms with Crippen LogP contribution in [-0.2, 0) is 0 Å². The molecule has 0 atom stereocenters. The van der Waals surface area contributed by atoms with Gasteiger partial charge in [0.05, 0.1) is 11.0 Å². The predicted octanol–water partition coefficient (Wildman–Crippen LogP) is 14.9. The molecule has 270 valence electrons. The molecule has 0 spiro atoms. The molecule has 0 amide bonds. The zero-order chi connectivity index (χ0) is 37.7. The largest absolute Gasteiger partial charge is 0.317 e. The number of hydrogen-bond acceptors (Lipinski definition) is 3. The summed E-state index contributed by atoms with van der Waals surface area (Å²) in [5.74, 6) is 0. The molecular formula is C52H36N4S. The number of anilines is 6. The zero-order valence-corrected chi connectivity index (χ0v) is 31.8. The minimum absolute atomic E-state index is 1.12. The van der Waals surface area contributed by atoms with Gasteiger partial charge in [-0.15, -0.1) is 11.3 Å². The average molecular weight is 749 g/mol. The lowest BCUT2D eigenvalue weighted by Crippen LogP contribution is -2.09. The van der Waals surface area contributed by atoms with Crippen LogP contribution in [0.5, 0.6) is 0 Å². The van der Waals surface area contributed by atoms with E-state index in [0.717, 1.165) is 45.5 Å². The molecule has 11 aromatic rings. The van der Waals surface area contributed by atoms with Crippen molar-refractivity contribution in [2.75, 3.05) is 9.80 Å². The van der Waals surface area contributed by atoms with Crippen LogP contribution >= 0.6 is 11.3 Å². The van der Waals surface area contributed by atoms with Crippen LogP contribution in [0.2, 0.25) is 0 Å². The van der Waals surface area contributed by atoms with Crippen LogP contribution in [0, 0.1) is 0 Å². The number of para-hydroxylation sites is 4. The van der Waals surface area contributed by atoms with Gasteiger partial charge < -0.3 is 18.9 Å². The third-order valence-electron chi connectivity index (χ3n) is 10.9. The highest BCUT2D eigenvalue weighted by atomic mass is 32.1. The van der Waals surface area contributed by atoms with E-state index < -0.39 is 0 Å². The maximum absolute atomic E-state index is 2.37. The highest BCUT2D eigenvalue weighted by molar-refractivity contribution is 7.25. The first kappa shape index (κ1) is 33.0. The van der Waals surface area contributed by atoms with Crippen molar-refractivity contribution in [3.05, 3.63) is 219 Å². The van der Waals surface area contributed by atoms with E-state index in [9.17, 15) is 0 Å². The molecule has 11 rings (SSSR count). The van der Waals surface area contributed by atoms with Gasteiger partial charge in [0.25, 0.3) is 0 Å². The van der Waals surface area contributed by atoms with Gasteiger partial charge in [0.15, 0.2) is 0 Å². The SMILES string of the molecule is c1ccc(N(c2ccc3c(ccn3-c3ccccc3)c2)c2ccc3c(c2)sc2cc(N(c4ccccc4)c4ccc5c(ccn5-c5ccccc5)c4)ccc23)cc1. The minimum Gasteiger partial charge on any atom is -0.317 e. The minimum atomic E-state index is 1.12. The van der Waals surface area contributed by atoms with Crippen molar-refractivity contribution in [3.8, 4) is 11.4 Å². The third kappa shape index (κ3) is 5.84. The summed E-state index contributed by atoms with van der Waals surface area (Å²) in [5.41, 5.74) is 11.4. The van der Waals surface area contributed by atoms with E-state index in [1.807, 2.05) is 11.3 Å². The zero-order valence-electron chi connectivity index (χ0n) is 31.0. The number of aromatic nitrogens is 2. The first-order valence-electron chi connectivity index (χ1n) is 19.2. The van der Waals surface area contributed by atoms with E-state index in [4.69, 9.17) is 0 Å². The Hall–Kier alpha value is -7.34. The van der Waals surface area contributed by atoms with Crippen molar-refractivity contribution >= 4 is 87.4 Å². The van der Waals surface area contributed by atoms with Crippen molar-refractivity contribution < 1.29 is 0 Å². The van der Waals surface area contributed by atoms with E-state index in [-0.39, 0.29) is 0 Å². The van der Waals surface area contributed by atoms with E-state index in [1.54, 1.807) is 0 Å². The Morgan fingerprint density at radius 2 is 0.684 bits per heavy atom. The second kappa shape index (κ2) is 13.7. The summed E-state index contributed by atoms with van der Waals surface area (Å²) >= 11 is 1.85. The molecule has 57 heavy (non-hydrogen) atoms. The van der Waals surface area contributed by atoms with Crippen LogP contribution in [0.1, 0.15) is 0 Å². The molecule has 0 saturated heterocycles. The van der Waals surface area contributed by atoms with Gasteiger partial charge in [0.2, 0.25) is 0 Å². The molecule has 0 radical (unpaired) electrons. The standard InChI is InChI=1S/C52H36N4S/c1-5-13-39(14-6-1)53-31-29-37-33-43(23-27-49(37)53)55(41-17-9-3-10-18-41)45-21-25-47-48-26-22-46(36-52(48)57-51(47)35-45)56(42-19-11-4-12-20-42)44-24-28-50-38(34-44)30-32-54(50)40-15-7-2-8-16-40/h1-36H. The molecule has 0 N–H and O–H groups in total. The van der Waals surface area contributed by atoms with Crippen LogP contribution < -0.4 is 9.80 Å². The lowest BCUT2D eigenvalue weighted by molar-refractivity contribution is 1.13. The van der Waals surface area contributed by atoms with Crippen LogP contribution in [-0.4, -0.2) is 9.13 Å². The summed E-state index contributed by atoms with van der Waals surface area (Å²) in [6.45, 7) is 0. The number of thiophene rings is 1. The molecule has 3 heterocycles. The average Bonchev–Trinajstić information content (AvgIpc) is 4.00. The van der Waals surface area contributed by atoms with Crippen molar-refractivity contribution in [1.29, 1.82) is 0 Å². The van der Waals surface area contributed by atoms with Crippen molar-refractivity contribution in [1.82, 2.24) is 9.13 Å².